The number of carbonyl (C=O) groups is 1. The number of hydrogen-bond donors (Lipinski definition) is 2. The minimum absolute atomic E-state index is 0.0195. The molecule has 1 heterocycles. The van der Waals surface area contributed by atoms with Crippen molar-refractivity contribution in [3.8, 4) is 11.5 Å². The lowest BCUT2D eigenvalue weighted by Gasteiger charge is -2.27. The van der Waals surface area contributed by atoms with Crippen LogP contribution in [0.5, 0.6) is 11.5 Å². The Hall–Kier alpha value is -2.36. The predicted octanol–water partition coefficient (Wildman–Crippen LogP) is 3.54. The molecule has 1 aliphatic rings. The summed E-state index contributed by atoms with van der Waals surface area (Å²) in [6, 6.07) is 14.3. The first-order valence-corrected chi connectivity index (χ1v) is 10.5. The predicted molar refractivity (Wildman–Crippen MR) is 114 cm³/mol. The van der Waals surface area contributed by atoms with E-state index in [1.54, 1.807) is 4.90 Å². The van der Waals surface area contributed by atoms with Crippen molar-refractivity contribution in [3.05, 3.63) is 70.9 Å². The van der Waals surface area contributed by atoms with E-state index in [1.165, 1.54) is 5.56 Å². The van der Waals surface area contributed by atoms with Gasteiger partial charge in [-0.25, -0.2) is 0 Å². The molecule has 2 aromatic carbocycles. The topological polar surface area (TPSA) is 61.8 Å². The van der Waals surface area contributed by atoms with Crippen LogP contribution in [-0.2, 0) is 11.2 Å². The van der Waals surface area contributed by atoms with Crippen molar-refractivity contribution in [1.82, 2.24) is 9.99 Å². The van der Waals surface area contributed by atoms with Crippen LogP contribution in [0.2, 0.25) is 0 Å². The van der Waals surface area contributed by atoms with Crippen molar-refractivity contribution in [2.45, 2.75) is 25.9 Å². The lowest BCUT2D eigenvalue weighted by Crippen LogP contribution is -2.35. The molecule has 2 unspecified atom stereocenters. The molecule has 5 nitrogen and oxygen atoms in total. The summed E-state index contributed by atoms with van der Waals surface area (Å²) in [7, 11) is 2.17. The van der Waals surface area contributed by atoms with E-state index in [2.05, 4.69) is 23.3 Å². The summed E-state index contributed by atoms with van der Waals surface area (Å²) in [6.45, 7) is 4.55. The van der Waals surface area contributed by atoms with Crippen LogP contribution in [-0.4, -0.2) is 41.8 Å². The van der Waals surface area contributed by atoms with E-state index in [4.69, 9.17) is 9.84 Å². The van der Waals surface area contributed by atoms with E-state index >= 15 is 0 Å². The van der Waals surface area contributed by atoms with E-state index in [0.29, 0.717) is 21.0 Å². The monoisotopic (exact) mass is 398 g/mol. The average molecular weight is 398 g/mol. The number of aliphatic hydroxyl groups excluding tert-OH is 1. The summed E-state index contributed by atoms with van der Waals surface area (Å²) in [6.07, 6.45) is 2.84. The van der Waals surface area contributed by atoms with Crippen LogP contribution in [0.4, 0.5) is 0 Å². The molecule has 1 amide bonds. The van der Waals surface area contributed by atoms with Crippen LogP contribution in [0, 0.1) is 13.8 Å². The number of benzene rings is 2. The normalized spacial score (nSPS) is 17.2. The Bertz CT molecular complexity index is 882. The molecule has 0 saturated heterocycles. The zero-order chi connectivity index (χ0) is 20.1. The number of allylic oxidation sites excluding steroid dienone is 1. The maximum Gasteiger partial charge on any atom is 0.270 e. The molecule has 6 heteroatoms. The number of aryl methyl sites for hydroxylation is 2. The highest BCUT2D eigenvalue weighted by molar-refractivity contribution is 7.38. The number of amides is 1. The van der Waals surface area contributed by atoms with Crippen molar-refractivity contribution in [2.75, 3.05) is 20.2 Å². The zero-order valence-corrected chi connectivity index (χ0v) is 17.5. The van der Waals surface area contributed by atoms with Crippen LogP contribution in [0.25, 0.3) is 0 Å². The molecule has 2 aromatic rings. The fourth-order valence-electron chi connectivity index (χ4n) is 3.15. The summed E-state index contributed by atoms with van der Waals surface area (Å²) in [5.41, 5.74) is 4.27. The third-order valence-electron chi connectivity index (χ3n) is 4.73. The second-order valence-corrected chi connectivity index (χ2v) is 8.40. The molecule has 0 radical (unpaired) electrons. The lowest BCUT2D eigenvalue weighted by molar-refractivity contribution is -0.117. The highest BCUT2D eigenvalue weighted by atomic mass is 31.1. The molecular formula is C22H27N2O3P. The third kappa shape index (κ3) is 5.12. The average Bonchev–Trinajstić information content (AvgIpc) is 2.66. The zero-order valence-electron chi connectivity index (χ0n) is 16.5. The summed E-state index contributed by atoms with van der Waals surface area (Å²) in [5, 5.41) is 12.1. The Morgan fingerprint density at radius 3 is 2.79 bits per heavy atom. The summed E-state index contributed by atoms with van der Waals surface area (Å²) < 4.78 is 6.11. The van der Waals surface area contributed by atoms with Gasteiger partial charge >= 0.3 is 0 Å². The van der Waals surface area contributed by atoms with Gasteiger partial charge in [-0.15, -0.1) is 0 Å². The van der Waals surface area contributed by atoms with Gasteiger partial charge in [0.25, 0.3) is 5.91 Å². The molecule has 0 bridgehead atoms. The molecule has 0 aliphatic carbocycles. The van der Waals surface area contributed by atoms with Crippen LogP contribution in [0.1, 0.15) is 16.7 Å². The van der Waals surface area contributed by atoms with Gasteiger partial charge in [0.2, 0.25) is 0 Å². The van der Waals surface area contributed by atoms with E-state index in [-0.39, 0.29) is 18.2 Å². The van der Waals surface area contributed by atoms with Crippen LogP contribution < -0.4 is 9.82 Å². The maximum atomic E-state index is 12.1. The first-order valence-electron chi connectivity index (χ1n) is 9.40. The Balaban J connectivity index is 1.76. The number of carbonyl (C=O) groups excluding carboxylic acids is 1. The molecule has 3 rings (SSSR count). The third-order valence-corrected chi connectivity index (χ3v) is 5.85. The van der Waals surface area contributed by atoms with E-state index < -0.39 is 0 Å². The fraction of sp³-hybridized carbons (Fsp3) is 0.318. The minimum atomic E-state index is -0.0714. The van der Waals surface area contributed by atoms with Gasteiger partial charge in [0.15, 0.2) is 0 Å². The van der Waals surface area contributed by atoms with Crippen LogP contribution in [0.3, 0.4) is 0 Å². The van der Waals surface area contributed by atoms with Crippen LogP contribution in [0.15, 0.2) is 54.2 Å². The molecular weight excluding hydrogens is 371 g/mol. The molecule has 1 aliphatic heterocycles. The quantitative estimate of drug-likeness (QED) is 0.701. The molecule has 2 atom stereocenters. The SMILES string of the molecule is Cc1cccc(Oc2cc(CC3C=C(N(C)CCO)C(=O)NP3)ccc2C)c1. The Morgan fingerprint density at radius 2 is 2.04 bits per heavy atom. The van der Waals surface area contributed by atoms with Crippen molar-refractivity contribution in [2.24, 2.45) is 0 Å². The highest BCUT2D eigenvalue weighted by Gasteiger charge is 2.23. The smallest absolute Gasteiger partial charge is 0.270 e. The second-order valence-electron chi connectivity index (χ2n) is 7.12. The molecule has 0 spiro atoms. The van der Waals surface area contributed by atoms with Crippen molar-refractivity contribution >= 4 is 14.6 Å². The van der Waals surface area contributed by atoms with Gasteiger partial charge in [0.05, 0.1) is 12.3 Å². The number of likely N-dealkylation sites (N-methyl/N-ethyl adjacent to an activating group) is 1. The summed E-state index contributed by atoms with van der Waals surface area (Å²) in [4.78, 5) is 13.9. The van der Waals surface area contributed by atoms with E-state index in [9.17, 15) is 4.79 Å². The van der Waals surface area contributed by atoms with E-state index in [0.717, 1.165) is 29.0 Å². The van der Waals surface area contributed by atoms with Gasteiger partial charge in [0.1, 0.15) is 11.5 Å². The number of nitrogens with one attached hydrogen (secondary N) is 1. The standard InChI is InChI=1S/C22H27N2O3P/c1-15-5-4-6-18(11-15)27-21-13-17(8-7-16(21)2)12-19-14-20(22(26)23-28-19)24(3)9-10-25/h4-8,11,13-14,19,25,28H,9-10,12H2,1-3H3,(H,23,26). The van der Waals surface area contributed by atoms with Gasteiger partial charge in [-0.1, -0.05) is 24.3 Å². The van der Waals surface area contributed by atoms with Crippen molar-refractivity contribution in [3.63, 3.8) is 0 Å². The van der Waals surface area contributed by atoms with Gasteiger partial charge in [-0.3, -0.25) is 4.79 Å². The molecule has 0 saturated carbocycles. The molecule has 28 heavy (non-hydrogen) atoms. The van der Waals surface area contributed by atoms with Gasteiger partial charge < -0.3 is 19.8 Å². The van der Waals surface area contributed by atoms with Gasteiger partial charge in [0, 0.05) is 19.3 Å². The summed E-state index contributed by atoms with van der Waals surface area (Å²) >= 11 is 0. The molecule has 0 fully saturated rings. The molecule has 0 aromatic heterocycles. The summed E-state index contributed by atoms with van der Waals surface area (Å²) in [5.74, 6) is 1.62. The first kappa shape index (κ1) is 20.4. The Kier molecular flexibility index (Phi) is 6.71. The van der Waals surface area contributed by atoms with E-state index in [1.807, 2.05) is 51.2 Å². The maximum absolute atomic E-state index is 12.1. The molecule has 148 valence electrons. The largest absolute Gasteiger partial charge is 0.457 e. The van der Waals surface area contributed by atoms with Crippen molar-refractivity contribution in [1.29, 1.82) is 0 Å². The number of rotatable bonds is 7. The fourth-order valence-corrected chi connectivity index (χ4v) is 4.18. The van der Waals surface area contributed by atoms with Gasteiger partial charge in [-0.05, 0) is 70.0 Å². The van der Waals surface area contributed by atoms with Crippen molar-refractivity contribution < 1.29 is 14.6 Å². The van der Waals surface area contributed by atoms with Gasteiger partial charge in [-0.2, -0.15) is 0 Å². The number of nitrogens with zero attached hydrogens (tertiary/aromatic N) is 1. The minimum Gasteiger partial charge on any atom is -0.457 e. The van der Waals surface area contributed by atoms with Crippen LogP contribution >= 0.6 is 8.73 Å². The molecule has 2 N–H and O–H groups in total. The Labute approximate surface area is 168 Å². The first-order chi connectivity index (χ1) is 13.5. The number of aliphatic hydroxyl groups is 1. The number of ether oxygens (including phenoxy) is 1. The highest BCUT2D eigenvalue weighted by Crippen LogP contribution is 2.31. The lowest BCUT2D eigenvalue weighted by atomic mass is 10.1. The second kappa shape index (κ2) is 9.22. The Morgan fingerprint density at radius 1 is 1.21 bits per heavy atom. The number of hydrogen-bond acceptors (Lipinski definition) is 4.